The van der Waals surface area contributed by atoms with Crippen LogP contribution in [0.3, 0.4) is 0 Å². The molecule has 0 bridgehead atoms. The van der Waals surface area contributed by atoms with Crippen LogP contribution in [0.4, 0.5) is 0 Å². The predicted octanol–water partition coefficient (Wildman–Crippen LogP) is 1.84. The SMILES string of the molecule is COCCNC(=O)[C@H](NC(=O)c1cccc(OC)c1)C1CCN(C(=O)CC(C)C)CC1. The van der Waals surface area contributed by atoms with Crippen molar-refractivity contribution in [2.45, 2.75) is 39.2 Å². The molecule has 0 spiro atoms. The Labute approximate surface area is 184 Å². The maximum absolute atomic E-state index is 12.9. The molecule has 2 rings (SSSR count). The molecule has 3 amide bonds. The molecule has 1 atom stereocenters. The van der Waals surface area contributed by atoms with Crippen LogP contribution < -0.4 is 15.4 Å². The standard InChI is InChI=1S/C23H35N3O5/c1-16(2)14-20(27)26-11-8-17(9-12-26)21(23(29)24-10-13-30-3)25-22(28)18-6-5-7-19(15-18)31-4/h5-7,15-17,21H,8-14H2,1-4H3,(H,24,29)(H,25,28)/t21-/m1/s1. The highest BCUT2D eigenvalue weighted by atomic mass is 16.5. The average Bonchev–Trinajstić information content (AvgIpc) is 2.77. The van der Waals surface area contributed by atoms with E-state index in [1.54, 1.807) is 31.4 Å². The first-order valence-electron chi connectivity index (χ1n) is 10.8. The number of piperidine rings is 1. The van der Waals surface area contributed by atoms with E-state index in [2.05, 4.69) is 10.6 Å². The third kappa shape index (κ3) is 7.54. The first-order chi connectivity index (χ1) is 14.8. The Hall–Kier alpha value is -2.61. The van der Waals surface area contributed by atoms with Gasteiger partial charge in [-0.15, -0.1) is 0 Å². The first kappa shape index (κ1) is 24.7. The van der Waals surface area contributed by atoms with Gasteiger partial charge in [-0.3, -0.25) is 14.4 Å². The van der Waals surface area contributed by atoms with E-state index in [0.29, 0.717) is 62.7 Å². The Bertz CT molecular complexity index is 744. The number of carbonyl (C=O) groups excluding carboxylic acids is 3. The van der Waals surface area contributed by atoms with Crippen LogP contribution in [-0.2, 0) is 14.3 Å². The second-order valence-corrected chi connectivity index (χ2v) is 8.28. The van der Waals surface area contributed by atoms with E-state index in [1.165, 1.54) is 7.11 Å². The Morgan fingerprint density at radius 2 is 1.87 bits per heavy atom. The number of hydrogen-bond donors (Lipinski definition) is 2. The predicted molar refractivity (Wildman–Crippen MR) is 118 cm³/mol. The molecule has 1 aliphatic rings. The molecule has 8 nitrogen and oxygen atoms in total. The Balaban J connectivity index is 2.07. The van der Waals surface area contributed by atoms with Gasteiger partial charge < -0.3 is 25.0 Å². The second kappa shape index (κ2) is 12.3. The Morgan fingerprint density at radius 1 is 1.16 bits per heavy atom. The Morgan fingerprint density at radius 3 is 2.48 bits per heavy atom. The van der Waals surface area contributed by atoms with Crippen molar-refractivity contribution < 1.29 is 23.9 Å². The van der Waals surface area contributed by atoms with Crippen LogP contribution in [0.15, 0.2) is 24.3 Å². The van der Waals surface area contributed by atoms with E-state index >= 15 is 0 Å². The molecule has 172 valence electrons. The molecule has 1 aromatic rings. The van der Waals surface area contributed by atoms with E-state index in [0.717, 1.165) is 0 Å². The van der Waals surface area contributed by atoms with E-state index in [9.17, 15) is 14.4 Å². The zero-order chi connectivity index (χ0) is 22.8. The summed E-state index contributed by atoms with van der Waals surface area (Å²) in [5, 5.41) is 5.74. The van der Waals surface area contributed by atoms with Gasteiger partial charge in [0, 0.05) is 38.7 Å². The number of amides is 3. The fraction of sp³-hybridized carbons (Fsp3) is 0.609. The summed E-state index contributed by atoms with van der Waals surface area (Å²) in [5.41, 5.74) is 0.429. The number of carbonyl (C=O) groups is 3. The number of nitrogens with zero attached hydrogens (tertiary/aromatic N) is 1. The smallest absolute Gasteiger partial charge is 0.252 e. The molecule has 0 aromatic heterocycles. The highest BCUT2D eigenvalue weighted by Gasteiger charge is 2.34. The van der Waals surface area contributed by atoms with Gasteiger partial charge in [0.05, 0.1) is 13.7 Å². The summed E-state index contributed by atoms with van der Waals surface area (Å²) in [6.07, 6.45) is 1.84. The first-order valence-corrected chi connectivity index (χ1v) is 10.8. The molecule has 1 saturated heterocycles. The number of hydrogen-bond acceptors (Lipinski definition) is 5. The molecule has 0 radical (unpaired) electrons. The van der Waals surface area contributed by atoms with Crippen molar-refractivity contribution in [3.05, 3.63) is 29.8 Å². The zero-order valence-electron chi connectivity index (χ0n) is 19.0. The van der Waals surface area contributed by atoms with Crippen molar-refractivity contribution in [1.82, 2.24) is 15.5 Å². The van der Waals surface area contributed by atoms with Crippen molar-refractivity contribution in [2.75, 3.05) is 40.5 Å². The molecule has 0 saturated carbocycles. The van der Waals surface area contributed by atoms with Crippen molar-refractivity contribution >= 4 is 17.7 Å². The monoisotopic (exact) mass is 433 g/mol. The molecule has 2 N–H and O–H groups in total. The lowest BCUT2D eigenvalue weighted by atomic mass is 9.88. The topological polar surface area (TPSA) is 97.0 Å². The minimum Gasteiger partial charge on any atom is -0.497 e. The van der Waals surface area contributed by atoms with E-state index in [-0.39, 0.29) is 23.6 Å². The second-order valence-electron chi connectivity index (χ2n) is 8.28. The number of rotatable bonds is 10. The highest BCUT2D eigenvalue weighted by Crippen LogP contribution is 2.23. The van der Waals surface area contributed by atoms with Crippen LogP contribution in [0.25, 0.3) is 0 Å². The van der Waals surface area contributed by atoms with Crippen LogP contribution >= 0.6 is 0 Å². The van der Waals surface area contributed by atoms with Gasteiger partial charge in [-0.1, -0.05) is 19.9 Å². The lowest BCUT2D eigenvalue weighted by Crippen LogP contribution is -2.54. The van der Waals surface area contributed by atoms with Gasteiger partial charge in [-0.2, -0.15) is 0 Å². The number of methoxy groups -OCH3 is 2. The summed E-state index contributed by atoms with van der Waals surface area (Å²) >= 11 is 0. The summed E-state index contributed by atoms with van der Waals surface area (Å²) in [5.74, 6) is 0.414. The summed E-state index contributed by atoms with van der Waals surface area (Å²) < 4.78 is 10.2. The van der Waals surface area contributed by atoms with Crippen molar-refractivity contribution in [3.8, 4) is 5.75 Å². The fourth-order valence-electron chi connectivity index (χ4n) is 3.73. The quantitative estimate of drug-likeness (QED) is 0.549. The molecule has 0 aliphatic carbocycles. The molecule has 1 heterocycles. The van der Waals surface area contributed by atoms with Gasteiger partial charge in [0.2, 0.25) is 11.8 Å². The normalized spacial score (nSPS) is 15.5. The van der Waals surface area contributed by atoms with Crippen LogP contribution in [0.1, 0.15) is 43.5 Å². The van der Waals surface area contributed by atoms with Gasteiger partial charge in [-0.25, -0.2) is 0 Å². The van der Waals surface area contributed by atoms with Crippen molar-refractivity contribution in [3.63, 3.8) is 0 Å². The molecule has 0 unspecified atom stereocenters. The van der Waals surface area contributed by atoms with Gasteiger partial charge in [0.25, 0.3) is 5.91 Å². The molecule has 8 heteroatoms. The van der Waals surface area contributed by atoms with Crippen molar-refractivity contribution in [1.29, 1.82) is 0 Å². The molecular weight excluding hydrogens is 398 g/mol. The molecule has 31 heavy (non-hydrogen) atoms. The van der Waals surface area contributed by atoms with Crippen LogP contribution in [0.5, 0.6) is 5.75 Å². The molecule has 1 fully saturated rings. The summed E-state index contributed by atoms with van der Waals surface area (Å²) in [4.78, 5) is 40.0. The van der Waals surface area contributed by atoms with Crippen LogP contribution in [-0.4, -0.2) is 69.1 Å². The molecule has 1 aromatic carbocycles. The fourth-order valence-corrected chi connectivity index (χ4v) is 3.73. The third-order valence-electron chi connectivity index (χ3n) is 5.45. The van der Waals surface area contributed by atoms with Gasteiger partial charge in [0.15, 0.2) is 0 Å². The third-order valence-corrected chi connectivity index (χ3v) is 5.45. The molecular formula is C23H35N3O5. The van der Waals surface area contributed by atoms with E-state index in [1.807, 2.05) is 18.7 Å². The lowest BCUT2D eigenvalue weighted by molar-refractivity contribution is -0.133. The maximum atomic E-state index is 12.9. The number of nitrogens with one attached hydrogen (secondary N) is 2. The average molecular weight is 434 g/mol. The maximum Gasteiger partial charge on any atom is 0.252 e. The minimum absolute atomic E-state index is 0.0554. The summed E-state index contributed by atoms with van der Waals surface area (Å²) in [6, 6.07) is 6.14. The lowest BCUT2D eigenvalue weighted by Gasteiger charge is -2.36. The number of likely N-dealkylation sites (tertiary alicyclic amines) is 1. The highest BCUT2D eigenvalue weighted by molar-refractivity contribution is 5.98. The van der Waals surface area contributed by atoms with Gasteiger partial charge in [-0.05, 0) is 42.9 Å². The molecule has 1 aliphatic heterocycles. The van der Waals surface area contributed by atoms with E-state index in [4.69, 9.17) is 9.47 Å². The van der Waals surface area contributed by atoms with Gasteiger partial charge in [0.1, 0.15) is 11.8 Å². The zero-order valence-corrected chi connectivity index (χ0v) is 19.0. The Kier molecular flexibility index (Phi) is 9.78. The number of benzene rings is 1. The minimum atomic E-state index is -0.682. The summed E-state index contributed by atoms with van der Waals surface area (Å²) in [6.45, 7) is 6.00. The number of ether oxygens (including phenoxy) is 2. The van der Waals surface area contributed by atoms with E-state index < -0.39 is 6.04 Å². The van der Waals surface area contributed by atoms with Crippen molar-refractivity contribution in [2.24, 2.45) is 11.8 Å². The van der Waals surface area contributed by atoms with Crippen LogP contribution in [0, 0.1) is 11.8 Å². The summed E-state index contributed by atoms with van der Waals surface area (Å²) in [7, 11) is 3.11. The van der Waals surface area contributed by atoms with Crippen LogP contribution in [0.2, 0.25) is 0 Å². The largest absolute Gasteiger partial charge is 0.497 e. The van der Waals surface area contributed by atoms with Gasteiger partial charge >= 0.3 is 0 Å².